The minimum atomic E-state index is -1.16. The minimum Gasteiger partial charge on any atom is -0.480 e. The van der Waals surface area contributed by atoms with Gasteiger partial charge in [-0.15, -0.1) is 0 Å². The van der Waals surface area contributed by atoms with Gasteiger partial charge in [0.2, 0.25) is 5.91 Å². The first-order valence-corrected chi connectivity index (χ1v) is 8.64. The summed E-state index contributed by atoms with van der Waals surface area (Å²) in [5, 5.41) is 21.7. The molecule has 0 aromatic heterocycles. The van der Waals surface area contributed by atoms with E-state index in [0.29, 0.717) is 0 Å². The first-order valence-electron chi connectivity index (χ1n) is 8.64. The normalized spacial score (nSPS) is 25.3. The maximum absolute atomic E-state index is 13.0. The van der Waals surface area contributed by atoms with Gasteiger partial charge in [0.25, 0.3) is 0 Å². The molecule has 140 valence electrons. The van der Waals surface area contributed by atoms with Gasteiger partial charge in [0.05, 0.1) is 11.9 Å². The summed E-state index contributed by atoms with van der Waals surface area (Å²) in [5.41, 5.74) is 0. The summed E-state index contributed by atoms with van der Waals surface area (Å²) in [4.78, 5) is 37.5. The highest BCUT2D eigenvalue weighted by molar-refractivity contribution is 5.90. The Hall–Kier alpha value is -2.09. The number of alkyl carbamates (subject to hydrolysis) is 1. The van der Waals surface area contributed by atoms with E-state index in [9.17, 15) is 24.6 Å². The van der Waals surface area contributed by atoms with Crippen molar-refractivity contribution in [3.05, 3.63) is 12.3 Å². The van der Waals surface area contributed by atoms with E-state index in [1.54, 1.807) is 0 Å². The Bertz CT molecular complexity index is 543. The van der Waals surface area contributed by atoms with Gasteiger partial charge in [-0.2, -0.15) is 0 Å². The molecule has 1 saturated carbocycles. The lowest BCUT2D eigenvalue weighted by Crippen LogP contribution is -2.55. The Morgan fingerprint density at radius 3 is 2.44 bits per heavy atom. The quantitative estimate of drug-likeness (QED) is 0.640. The van der Waals surface area contributed by atoms with E-state index < -0.39 is 36.2 Å². The van der Waals surface area contributed by atoms with E-state index in [1.165, 1.54) is 6.92 Å². The number of likely N-dealkylation sites (tertiary alicyclic amines) is 1. The second-order valence-electron chi connectivity index (χ2n) is 6.85. The second-order valence-corrected chi connectivity index (χ2v) is 6.85. The lowest BCUT2D eigenvalue weighted by Gasteiger charge is -2.33. The van der Waals surface area contributed by atoms with Crippen molar-refractivity contribution in [2.45, 2.75) is 63.6 Å². The van der Waals surface area contributed by atoms with Gasteiger partial charge in [-0.1, -0.05) is 25.8 Å². The molecule has 8 heteroatoms. The number of aliphatic hydroxyl groups is 1. The predicted octanol–water partition coefficient (Wildman–Crippen LogP) is 1.24. The summed E-state index contributed by atoms with van der Waals surface area (Å²) in [7, 11) is 0. The molecule has 1 heterocycles. The van der Waals surface area contributed by atoms with Crippen LogP contribution in [0.5, 0.6) is 0 Å². The molecule has 2 amide bonds. The smallest absolute Gasteiger partial charge is 0.412 e. The van der Waals surface area contributed by atoms with Crippen LogP contribution in [0.1, 0.15) is 45.4 Å². The van der Waals surface area contributed by atoms with Crippen LogP contribution in [-0.2, 0) is 14.3 Å². The number of ether oxygens (including phenoxy) is 1. The Morgan fingerprint density at radius 1 is 1.24 bits per heavy atom. The largest absolute Gasteiger partial charge is 0.480 e. The molecule has 2 aliphatic rings. The van der Waals surface area contributed by atoms with Crippen LogP contribution in [0.25, 0.3) is 0 Å². The number of aliphatic carboxylic acids is 1. The number of allylic oxidation sites excluding steroid dienone is 1. The van der Waals surface area contributed by atoms with E-state index in [2.05, 4.69) is 11.9 Å². The number of amides is 2. The Morgan fingerprint density at radius 2 is 1.88 bits per heavy atom. The highest BCUT2D eigenvalue weighted by Crippen LogP contribution is 2.29. The van der Waals surface area contributed by atoms with Crippen LogP contribution >= 0.6 is 0 Å². The third-order valence-electron chi connectivity index (χ3n) is 4.77. The molecule has 0 bridgehead atoms. The molecule has 3 atom stereocenters. The molecule has 1 saturated heterocycles. The van der Waals surface area contributed by atoms with Crippen LogP contribution in [0.3, 0.4) is 0 Å². The van der Waals surface area contributed by atoms with E-state index in [1.807, 2.05) is 0 Å². The number of nitrogens with zero attached hydrogens (tertiary/aromatic N) is 1. The maximum atomic E-state index is 13.0. The van der Waals surface area contributed by atoms with Crippen LogP contribution < -0.4 is 5.32 Å². The number of nitrogens with one attached hydrogen (secondary N) is 1. The summed E-state index contributed by atoms with van der Waals surface area (Å²) in [6.07, 6.45) is 2.88. The van der Waals surface area contributed by atoms with E-state index >= 15 is 0 Å². The van der Waals surface area contributed by atoms with E-state index in [4.69, 9.17) is 4.74 Å². The van der Waals surface area contributed by atoms with Crippen LogP contribution in [-0.4, -0.2) is 57.8 Å². The zero-order valence-corrected chi connectivity index (χ0v) is 14.4. The molecule has 0 spiro atoms. The Labute approximate surface area is 146 Å². The molecule has 0 radical (unpaired) electrons. The standard InChI is InChI=1S/C17H26N2O6/c1-10(2)25-17(24)18-14(11-6-4-3-5-7-11)15(21)19-9-12(20)8-13(19)16(22)23/h11-14,20H,1,3-9H2,2H3,(H,18,24)(H,22,23). The zero-order valence-electron chi connectivity index (χ0n) is 14.4. The summed E-state index contributed by atoms with van der Waals surface area (Å²) < 4.78 is 4.90. The second kappa shape index (κ2) is 8.33. The monoisotopic (exact) mass is 354 g/mol. The topological polar surface area (TPSA) is 116 Å². The Kier molecular flexibility index (Phi) is 6.41. The summed E-state index contributed by atoms with van der Waals surface area (Å²) in [6, 6.07) is -1.94. The molecule has 3 N–H and O–H groups in total. The summed E-state index contributed by atoms with van der Waals surface area (Å²) >= 11 is 0. The average molecular weight is 354 g/mol. The van der Waals surface area contributed by atoms with E-state index in [0.717, 1.165) is 37.0 Å². The van der Waals surface area contributed by atoms with Crippen LogP contribution in [0, 0.1) is 5.92 Å². The highest BCUT2D eigenvalue weighted by atomic mass is 16.6. The SMILES string of the molecule is C=C(C)OC(=O)NC(C(=O)N1CC(O)CC1C(=O)O)C1CCCCC1. The maximum Gasteiger partial charge on any atom is 0.412 e. The van der Waals surface area contributed by atoms with Crippen LogP contribution in [0.2, 0.25) is 0 Å². The first-order chi connectivity index (χ1) is 11.8. The van der Waals surface area contributed by atoms with Crippen molar-refractivity contribution in [3.63, 3.8) is 0 Å². The van der Waals surface area contributed by atoms with Crippen molar-refractivity contribution < 1.29 is 29.3 Å². The van der Waals surface area contributed by atoms with Gasteiger partial charge in [-0.05, 0) is 25.7 Å². The fourth-order valence-electron chi connectivity index (χ4n) is 3.63. The molecule has 2 rings (SSSR count). The third-order valence-corrected chi connectivity index (χ3v) is 4.77. The summed E-state index contributed by atoms with van der Waals surface area (Å²) in [5.74, 6) is -1.51. The predicted molar refractivity (Wildman–Crippen MR) is 88.6 cm³/mol. The van der Waals surface area contributed by atoms with Crippen LogP contribution in [0.15, 0.2) is 12.3 Å². The fourth-order valence-corrected chi connectivity index (χ4v) is 3.63. The molecule has 3 unspecified atom stereocenters. The number of β-amino-alcohol motifs (C(OH)–C–C–N with tert-alkyl or cyclic N) is 1. The number of carboxylic acid groups (broad SMARTS) is 1. The van der Waals surface area contributed by atoms with Crippen molar-refractivity contribution in [2.75, 3.05) is 6.54 Å². The Balaban J connectivity index is 2.17. The molecule has 1 aliphatic heterocycles. The van der Waals surface area contributed by atoms with Gasteiger partial charge < -0.3 is 25.2 Å². The van der Waals surface area contributed by atoms with Crippen molar-refractivity contribution >= 4 is 18.0 Å². The zero-order chi connectivity index (χ0) is 18.6. The number of carbonyl (C=O) groups excluding carboxylic acids is 2. The van der Waals surface area contributed by atoms with Crippen LogP contribution in [0.4, 0.5) is 4.79 Å². The van der Waals surface area contributed by atoms with Gasteiger partial charge in [-0.25, -0.2) is 9.59 Å². The number of hydrogen-bond donors (Lipinski definition) is 3. The number of carboxylic acids is 1. The third kappa shape index (κ3) is 4.94. The van der Waals surface area contributed by atoms with Gasteiger partial charge in [0, 0.05) is 13.0 Å². The van der Waals surface area contributed by atoms with Gasteiger partial charge >= 0.3 is 12.1 Å². The highest BCUT2D eigenvalue weighted by Gasteiger charge is 2.43. The number of aliphatic hydroxyl groups excluding tert-OH is 1. The molecule has 2 fully saturated rings. The van der Waals surface area contributed by atoms with E-state index in [-0.39, 0.29) is 24.6 Å². The lowest BCUT2D eigenvalue weighted by atomic mass is 9.83. The average Bonchev–Trinajstić information content (AvgIpc) is 2.94. The van der Waals surface area contributed by atoms with Crippen molar-refractivity contribution in [1.29, 1.82) is 0 Å². The van der Waals surface area contributed by atoms with Crippen molar-refractivity contribution in [3.8, 4) is 0 Å². The van der Waals surface area contributed by atoms with Gasteiger partial charge in [-0.3, -0.25) is 4.79 Å². The van der Waals surface area contributed by atoms with Gasteiger partial charge in [0.1, 0.15) is 12.1 Å². The number of rotatable bonds is 5. The first kappa shape index (κ1) is 19.2. The lowest BCUT2D eigenvalue weighted by molar-refractivity contribution is -0.149. The molecule has 0 aromatic rings. The summed E-state index contributed by atoms with van der Waals surface area (Å²) in [6.45, 7) is 4.97. The molecular weight excluding hydrogens is 328 g/mol. The minimum absolute atomic E-state index is 0.00529. The molecule has 1 aliphatic carbocycles. The molecule has 25 heavy (non-hydrogen) atoms. The van der Waals surface area contributed by atoms with Crippen molar-refractivity contribution in [2.24, 2.45) is 5.92 Å². The van der Waals surface area contributed by atoms with Crippen molar-refractivity contribution in [1.82, 2.24) is 10.2 Å². The molecular formula is C17H26N2O6. The fraction of sp³-hybridized carbons (Fsp3) is 0.706. The molecule has 0 aromatic carbocycles. The number of hydrogen-bond acceptors (Lipinski definition) is 5. The number of carbonyl (C=O) groups is 3. The van der Waals surface area contributed by atoms with Gasteiger partial charge in [0.15, 0.2) is 0 Å². The molecule has 8 nitrogen and oxygen atoms in total.